The third-order valence-electron chi connectivity index (χ3n) is 1.16. The third-order valence-corrected chi connectivity index (χ3v) is 1.70. The van der Waals surface area contributed by atoms with Crippen LogP contribution in [-0.4, -0.2) is 4.45 Å². The summed E-state index contributed by atoms with van der Waals surface area (Å²) in [6.45, 7) is 0. The molecule has 0 fully saturated rings. The number of nitrogens with two attached hydrogens (primary N) is 2. The van der Waals surface area contributed by atoms with Crippen molar-refractivity contribution in [2.24, 2.45) is 11.5 Å². The fourth-order valence-electron chi connectivity index (χ4n) is 0.762. The summed E-state index contributed by atoms with van der Waals surface area (Å²) in [5, 5.41) is 0. The Balaban J connectivity index is 0.000000810. The number of hydrogen-bond acceptors (Lipinski definition) is 2. The van der Waals surface area contributed by atoms with Gasteiger partial charge in [-0.1, -0.05) is 28.1 Å². The Morgan fingerprint density at radius 2 is 2.20 bits per heavy atom. The van der Waals surface area contributed by atoms with Crippen molar-refractivity contribution in [3.8, 4) is 0 Å². The zero-order valence-corrected chi connectivity index (χ0v) is 7.86. The van der Waals surface area contributed by atoms with Crippen molar-refractivity contribution in [1.82, 2.24) is 0 Å². The van der Waals surface area contributed by atoms with Gasteiger partial charge in [0.15, 0.2) is 0 Å². The molecule has 10 heavy (non-hydrogen) atoms. The van der Waals surface area contributed by atoms with Gasteiger partial charge >= 0.3 is 16.5 Å². The summed E-state index contributed by atoms with van der Waals surface area (Å²) in [6.07, 6.45) is 6.27. The van der Waals surface area contributed by atoms with Crippen LogP contribution in [0.5, 0.6) is 0 Å². The SMILES string of the molecule is NC1=CC=CC(N)(Br)C1.[Ni+2]. The van der Waals surface area contributed by atoms with E-state index in [1.165, 1.54) is 0 Å². The minimum absolute atomic E-state index is 0. The first-order valence-electron chi connectivity index (χ1n) is 2.72. The standard InChI is InChI=1S/C6H9BrN2.Ni/c7-6(9)3-1-2-5(8)4-6;/h1-3H,4,8-9H2;/q;+2. The molecule has 4 N–H and O–H groups in total. The van der Waals surface area contributed by atoms with Gasteiger partial charge in [-0.25, -0.2) is 0 Å². The summed E-state index contributed by atoms with van der Waals surface area (Å²) in [5.74, 6) is 0. The number of rotatable bonds is 0. The van der Waals surface area contributed by atoms with Gasteiger partial charge in [0.2, 0.25) is 0 Å². The predicted molar refractivity (Wildman–Crippen MR) is 41.9 cm³/mol. The second-order valence-electron chi connectivity index (χ2n) is 2.20. The molecule has 0 aliphatic heterocycles. The normalized spacial score (nSPS) is 30.8. The summed E-state index contributed by atoms with van der Waals surface area (Å²) in [7, 11) is 0. The van der Waals surface area contributed by atoms with Crippen LogP contribution in [0.15, 0.2) is 23.9 Å². The van der Waals surface area contributed by atoms with E-state index in [0.29, 0.717) is 6.42 Å². The van der Waals surface area contributed by atoms with Crippen LogP contribution in [0, 0.1) is 0 Å². The van der Waals surface area contributed by atoms with Gasteiger partial charge < -0.3 is 11.5 Å². The van der Waals surface area contributed by atoms with Gasteiger partial charge in [0.05, 0.1) is 4.45 Å². The average molecular weight is 248 g/mol. The van der Waals surface area contributed by atoms with Crippen molar-refractivity contribution in [3.63, 3.8) is 0 Å². The molecule has 58 valence electrons. The summed E-state index contributed by atoms with van der Waals surface area (Å²) >= 11 is 3.30. The fraction of sp³-hybridized carbons (Fsp3) is 0.333. The van der Waals surface area contributed by atoms with Crippen LogP contribution in [0.1, 0.15) is 6.42 Å². The monoisotopic (exact) mass is 246 g/mol. The van der Waals surface area contributed by atoms with Gasteiger partial charge in [-0.15, -0.1) is 0 Å². The largest absolute Gasteiger partial charge is 2.00 e. The Kier molecular flexibility index (Phi) is 3.64. The fourth-order valence-corrected chi connectivity index (χ4v) is 1.24. The molecule has 0 spiro atoms. The molecule has 0 saturated heterocycles. The van der Waals surface area contributed by atoms with Crippen molar-refractivity contribution in [1.29, 1.82) is 0 Å². The smallest absolute Gasteiger partial charge is 0.402 e. The Hall–Kier alpha value is 0.214. The Bertz CT molecular complexity index is 175. The maximum Gasteiger partial charge on any atom is 2.00 e. The zero-order chi connectivity index (χ0) is 6.91. The molecule has 1 unspecified atom stereocenters. The van der Waals surface area contributed by atoms with E-state index in [9.17, 15) is 0 Å². The van der Waals surface area contributed by atoms with Crippen molar-refractivity contribution in [2.75, 3.05) is 0 Å². The number of halogens is 1. The molecule has 0 aromatic heterocycles. The van der Waals surface area contributed by atoms with Crippen molar-refractivity contribution >= 4 is 15.9 Å². The maximum atomic E-state index is 5.68. The van der Waals surface area contributed by atoms with Gasteiger partial charge in [-0.2, -0.15) is 0 Å². The van der Waals surface area contributed by atoms with E-state index < -0.39 is 4.45 Å². The Labute approximate surface area is 78.8 Å². The van der Waals surface area contributed by atoms with Crippen LogP contribution in [-0.2, 0) is 16.5 Å². The summed E-state index contributed by atoms with van der Waals surface area (Å²) in [5.41, 5.74) is 12.0. The summed E-state index contributed by atoms with van der Waals surface area (Å²) in [6, 6.07) is 0. The Morgan fingerprint density at radius 1 is 1.60 bits per heavy atom. The molecule has 4 heteroatoms. The summed E-state index contributed by atoms with van der Waals surface area (Å²) in [4.78, 5) is 0. The molecule has 0 amide bonds. The number of allylic oxidation sites excluding steroid dienone is 2. The maximum absolute atomic E-state index is 5.68. The molecule has 0 saturated carbocycles. The molecule has 1 atom stereocenters. The second kappa shape index (κ2) is 3.56. The van der Waals surface area contributed by atoms with Crippen LogP contribution in [0.2, 0.25) is 0 Å². The van der Waals surface area contributed by atoms with E-state index in [0.717, 1.165) is 5.70 Å². The molecule has 2 nitrogen and oxygen atoms in total. The number of alkyl halides is 1. The number of hydrogen-bond donors (Lipinski definition) is 2. The van der Waals surface area contributed by atoms with E-state index in [1.807, 2.05) is 18.2 Å². The molecule has 1 rings (SSSR count). The first kappa shape index (κ1) is 10.2. The van der Waals surface area contributed by atoms with Crippen LogP contribution >= 0.6 is 15.9 Å². The van der Waals surface area contributed by atoms with Gasteiger partial charge in [-0.3, -0.25) is 0 Å². The molecule has 0 radical (unpaired) electrons. The van der Waals surface area contributed by atoms with Crippen molar-refractivity contribution in [2.45, 2.75) is 10.9 Å². The molecule has 0 bridgehead atoms. The molecule has 1 aliphatic carbocycles. The van der Waals surface area contributed by atoms with Crippen LogP contribution in [0.4, 0.5) is 0 Å². The topological polar surface area (TPSA) is 52.0 Å². The quantitative estimate of drug-likeness (QED) is 0.379. The molecular weight excluding hydrogens is 239 g/mol. The van der Waals surface area contributed by atoms with Crippen LogP contribution < -0.4 is 11.5 Å². The molecule has 0 aromatic carbocycles. The van der Waals surface area contributed by atoms with Gasteiger partial charge in [-0.05, 0) is 6.08 Å². The first-order chi connectivity index (χ1) is 4.10. The Morgan fingerprint density at radius 3 is 2.50 bits per heavy atom. The van der Waals surface area contributed by atoms with Gasteiger partial charge in [0, 0.05) is 12.1 Å². The summed E-state index contributed by atoms with van der Waals surface area (Å²) < 4.78 is -0.411. The average Bonchev–Trinajstić information content (AvgIpc) is 1.60. The third kappa shape index (κ3) is 2.87. The predicted octanol–water partition coefficient (Wildman–Crippen LogP) is 0.836. The molecule has 0 aromatic rings. The van der Waals surface area contributed by atoms with Gasteiger partial charge in [0.1, 0.15) is 0 Å². The van der Waals surface area contributed by atoms with E-state index in [2.05, 4.69) is 15.9 Å². The van der Waals surface area contributed by atoms with E-state index in [1.54, 1.807) is 0 Å². The first-order valence-corrected chi connectivity index (χ1v) is 3.51. The van der Waals surface area contributed by atoms with Crippen molar-refractivity contribution in [3.05, 3.63) is 23.9 Å². The van der Waals surface area contributed by atoms with E-state index >= 15 is 0 Å². The minimum atomic E-state index is -0.411. The molecule has 1 aliphatic rings. The molecule has 0 heterocycles. The van der Waals surface area contributed by atoms with Crippen LogP contribution in [0.3, 0.4) is 0 Å². The van der Waals surface area contributed by atoms with Crippen molar-refractivity contribution < 1.29 is 16.5 Å². The van der Waals surface area contributed by atoms with Gasteiger partial charge in [0.25, 0.3) is 0 Å². The van der Waals surface area contributed by atoms with Crippen LogP contribution in [0.25, 0.3) is 0 Å². The zero-order valence-electron chi connectivity index (χ0n) is 5.29. The minimum Gasteiger partial charge on any atom is -0.402 e. The second-order valence-corrected chi connectivity index (χ2v) is 3.68. The van der Waals surface area contributed by atoms with E-state index in [-0.39, 0.29) is 16.5 Å². The molecular formula is C6H9BrN2Ni+2. The van der Waals surface area contributed by atoms with E-state index in [4.69, 9.17) is 11.5 Å².